The first-order valence-corrected chi connectivity index (χ1v) is 10.6. The second kappa shape index (κ2) is 9.64. The fourth-order valence-corrected chi connectivity index (χ4v) is 4.39. The molecule has 0 spiro atoms. The average molecular weight is 391 g/mol. The van der Waals surface area contributed by atoms with Gasteiger partial charge < -0.3 is 19.7 Å². The Hall–Kier alpha value is -1.75. The largest absolute Gasteiger partial charge is 0.490 e. The lowest BCUT2D eigenvalue weighted by atomic mass is 9.79. The van der Waals surface area contributed by atoms with Gasteiger partial charge in [0.05, 0.1) is 6.61 Å². The van der Waals surface area contributed by atoms with Crippen molar-refractivity contribution >= 4 is 5.91 Å². The summed E-state index contributed by atoms with van der Waals surface area (Å²) in [5.74, 6) is 1.36. The zero-order chi connectivity index (χ0) is 20.8. The number of nitrogens with zero attached hydrogens (tertiary/aromatic N) is 1. The van der Waals surface area contributed by atoms with Crippen molar-refractivity contribution < 1.29 is 14.3 Å². The van der Waals surface area contributed by atoms with E-state index in [1.165, 1.54) is 0 Å². The number of unbranched alkanes of at least 4 members (excludes halogenated alkanes) is 1. The van der Waals surface area contributed by atoms with Gasteiger partial charge in [-0.3, -0.25) is 4.79 Å². The van der Waals surface area contributed by atoms with Crippen LogP contribution in [-0.2, 0) is 4.79 Å². The summed E-state index contributed by atoms with van der Waals surface area (Å²) in [5.41, 5.74) is -0.000825. The molecule has 1 fully saturated rings. The minimum atomic E-state index is -0.000413. The number of hydrogen-bond acceptors (Lipinski definition) is 4. The Balaban J connectivity index is 2.11. The van der Waals surface area contributed by atoms with Crippen LogP contribution in [0.3, 0.4) is 0 Å². The van der Waals surface area contributed by atoms with E-state index in [-0.39, 0.29) is 29.6 Å². The third kappa shape index (κ3) is 6.40. The van der Waals surface area contributed by atoms with E-state index < -0.39 is 0 Å². The van der Waals surface area contributed by atoms with Crippen LogP contribution in [0.1, 0.15) is 67.2 Å². The summed E-state index contributed by atoms with van der Waals surface area (Å²) in [6.07, 6.45) is 3.96. The van der Waals surface area contributed by atoms with Crippen LogP contribution >= 0.6 is 0 Å². The first-order chi connectivity index (χ1) is 13.2. The Bertz CT molecular complexity index is 626. The smallest absolute Gasteiger partial charge is 0.260 e. The van der Waals surface area contributed by atoms with Crippen LogP contribution in [0.15, 0.2) is 24.3 Å². The van der Waals surface area contributed by atoms with E-state index in [1.807, 2.05) is 31.2 Å². The number of piperidine rings is 1. The molecule has 0 radical (unpaired) electrons. The lowest BCUT2D eigenvalue weighted by Crippen LogP contribution is -2.63. The van der Waals surface area contributed by atoms with Gasteiger partial charge in [-0.15, -0.1) is 0 Å². The highest BCUT2D eigenvalue weighted by atomic mass is 16.5. The van der Waals surface area contributed by atoms with Crippen LogP contribution < -0.4 is 14.8 Å². The molecule has 1 aliphatic heterocycles. The minimum absolute atomic E-state index is 0.000413. The predicted octanol–water partition coefficient (Wildman–Crippen LogP) is 4.40. The Morgan fingerprint density at radius 3 is 2.18 bits per heavy atom. The lowest BCUT2D eigenvalue weighted by Gasteiger charge is -2.49. The molecule has 5 nitrogen and oxygen atoms in total. The van der Waals surface area contributed by atoms with Crippen LogP contribution in [-0.4, -0.2) is 47.7 Å². The maximum absolute atomic E-state index is 13.2. The SMILES string of the molecule is CCCCN(C(=O)COc1ccccc1OCC)C1CC(C)(C)NC(C)(C)C1. The molecule has 1 saturated heterocycles. The fourth-order valence-electron chi connectivity index (χ4n) is 4.39. The molecule has 1 aliphatic rings. The van der Waals surface area contributed by atoms with E-state index in [0.29, 0.717) is 18.1 Å². The Morgan fingerprint density at radius 2 is 1.64 bits per heavy atom. The number of hydrogen-bond donors (Lipinski definition) is 1. The van der Waals surface area contributed by atoms with Gasteiger partial charge in [-0.05, 0) is 66.0 Å². The number of carbonyl (C=O) groups excluding carboxylic acids is 1. The zero-order valence-electron chi connectivity index (χ0n) is 18.5. The summed E-state index contributed by atoms with van der Waals surface area (Å²) in [6.45, 7) is 14.4. The molecule has 0 saturated carbocycles. The summed E-state index contributed by atoms with van der Waals surface area (Å²) in [5, 5.41) is 3.71. The molecule has 1 N–H and O–H groups in total. The molecule has 0 aliphatic carbocycles. The highest BCUT2D eigenvalue weighted by Crippen LogP contribution is 2.32. The molecule has 1 aromatic carbocycles. The van der Waals surface area contributed by atoms with Gasteiger partial charge in [0.15, 0.2) is 18.1 Å². The van der Waals surface area contributed by atoms with Gasteiger partial charge in [-0.25, -0.2) is 0 Å². The molecule has 5 heteroatoms. The topological polar surface area (TPSA) is 50.8 Å². The molecule has 0 unspecified atom stereocenters. The van der Waals surface area contributed by atoms with Gasteiger partial charge in [0.2, 0.25) is 0 Å². The highest BCUT2D eigenvalue weighted by molar-refractivity contribution is 5.78. The fraction of sp³-hybridized carbons (Fsp3) is 0.696. The quantitative estimate of drug-likeness (QED) is 0.679. The zero-order valence-corrected chi connectivity index (χ0v) is 18.5. The third-order valence-electron chi connectivity index (χ3n) is 5.18. The van der Waals surface area contributed by atoms with Crippen molar-refractivity contribution in [3.8, 4) is 11.5 Å². The van der Waals surface area contributed by atoms with E-state index >= 15 is 0 Å². The maximum atomic E-state index is 13.2. The van der Waals surface area contributed by atoms with Gasteiger partial charge in [-0.1, -0.05) is 25.5 Å². The maximum Gasteiger partial charge on any atom is 0.260 e. The Morgan fingerprint density at radius 1 is 1.07 bits per heavy atom. The summed E-state index contributed by atoms with van der Waals surface area (Å²) in [4.78, 5) is 15.2. The van der Waals surface area contributed by atoms with E-state index in [1.54, 1.807) is 0 Å². The molecule has 2 rings (SSSR count). The summed E-state index contributed by atoms with van der Waals surface area (Å²) >= 11 is 0. The van der Waals surface area contributed by atoms with Crippen molar-refractivity contribution in [1.82, 2.24) is 10.2 Å². The number of rotatable bonds is 9. The van der Waals surface area contributed by atoms with Crippen LogP contribution in [0.2, 0.25) is 0 Å². The van der Waals surface area contributed by atoms with Crippen molar-refractivity contribution in [2.45, 2.75) is 84.3 Å². The van der Waals surface area contributed by atoms with Gasteiger partial charge in [-0.2, -0.15) is 0 Å². The molecule has 0 atom stereocenters. The summed E-state index contributed by atoms with van der Waals surface area (Å²) in [6, 6.07) is 7.75. The van der Waals surface area contributed by atoms with E-state index in [9.17, 15) is 4.79 Å². The molecule has 28 heavy (non-hydrogen) atoms. The average Bonchev–Trinajstić information content (AvgIpc) is 2.59. The molecule has 1 aromatic rings. The van der Waals surface area contributed by atoms with Crippen molar-refractivity contribution in [3.05, 3.63) is 24.3 Å². The monoisotopic (exact) mass is 390 g/mol. The van der Waals surface area contributed by atoms with Crippen LogP contribution in [0.25, 0.3) is 0 Å². The van der Waals surface area contributed by atoms with Gasteiger partial charge in [0.1, 0.15) is 0 Å². The second-order valence-corrected chi connectivity index (χ2v) is 9.06. The van der Waals surface area contributed by atoms with Gasteiger partial charge in [0, 0.05) is 23.7 Å². The number of nitrogens with one attached hydrogen (secondary N) is 1. The van der Waals surface area contributed by atoms with E-state index in [0.717, 1.165) is 32.2 Å². The number of amides is 1. The normalized spacial score (nSPS) is 18.5. The van der Waals surface area contributed by atoms with Crippen molar-refractivity contribution in [2.75, 3.05) is 19.8 Å². The Kier molecular flexibility index (Phi) is 7.76. The molecule has 1 amide bonds. The van der Waals surface area contributed by atoms with E-state index in [2.05, 4.69) is 44.8 Å². The molecule has 158 valence electrons. The lowest BCUT2D eigenvalue weighted by molar-refractivity contribution is -0.137. The van der Waals surface area contributed by atoms with Crippen molar-refractivity contribution in [1.29, 1.82) is 0 Å². The first-order valence-electron chi connectivity index (χ1n) is 10.6. The van der Waals surface area contributed by atoms with Crippen LogP contribution in [0.5, 0.6) is 11.5 Å². The first kappa shape index (κ1) is 22.5. The number of benzene rings is 1. The van der Waals surface area contributed by atoms with Crippen LogP contribution in [0, 0.1) is 0 Å². The summed E-state index contributed by atoms with van der Waals surface area (Å²) < 4.78 is 11.5. The molecule has 0 bridgehead atoms. The summed E-state index contributed by atoms with van der Waals surface area (Å²) in [7, 11) is 0. The predicted molar refractivity (Wildman–Crippen MR) is 114 cm³/mol. The number of para-hydroxylation sites is 2. The molecule has 1 heterocycles. The third-order valence-corrected chi connectivity index (χ3v) is 5.18. The van der Waals surface area contributed by atoms with E-state index in [4.69, 9.17) is 9.47 Å². The number of carbonyl (C=O) groups is 1. The molecular formula is C23H38N2O3. The second-order valence-electron chi connectivity index (χ2n) is 9.06. The highest BCUT2D eigenvalue weighted by Gasteiger charge is 2.41. The standard InChI is InChI=1S/C23H38N2O3/c1-7-9-14-25(18-15-22(3,4)24-23(5,6)16-18)21(26)17-28-20-13-11-10-12-19(20)27-8-2/h10-13,18,24H,7-9,14-17H2,1-6H3. The number of ether oxygens (including phenoxy) is 2. The van der Waals surface area contributed by atoms with Gasteiger partial charge >= 0.3 is 0 Å². The molecular weight excluding hydrogens is 352 g/mol. The van der Waals surface area contributed by atoms with Crippen LogP contribution in [0.4, 0.5) is 0 Å². The minimum Gasteiger partial charge on any atom is -0.490 e. The Labute approximate surface area is 170 Å². The van der Waals surface area contributed by atoms with Gasteiger partial charge in [0.25, 0.3) is 5.91 Å². The molecule has 0 aromatic heterocycles. The van der Waals surface area contributed by atoms with Crippen molar-refractivity contribution in [2.24, 2.45) is 0 Å². The van der Waals surface area contributed by atoms with Crippen molar-refractivity contribution in [3.63, 3.8) is 0 Å².